The molecular weight excluding hydrogens is 426 g/mol. The number of imide groups is 1. The summed E-state index contributed by atoms with van der Waals surface area (Å²) in [5.41, 5.74) is 2.13. The Kier molecular flexibility index (Phi) is 5.34. The van der Waals surface area contributed by atoms with E-state index in [0.717, 1.165) is 26.8 Å². The molecule has 2 N–H and O–H groups in total. The summed E-state index contributed by atoms with van der Waals surface area (Å²) >= 11 is 0. The monoisotopic (exact) mass is 449 g/mol. The highest BCUT2D eigenvalue weighted by atomic mass is 16.2. The minimum atomic E-state index is -1.24. The molecular formula is C28H23N3O3. The lowest BCUT2D eigenvalue weighted by atomic mass is 9.90. The molecule has 1 saturated heterocycles. The number of benzene rings is 4. The van der Waals surface area contributed by atoms with Crippen LogP contribution in [0.15, 0.2) is 97.1 Å². The lowest BCUT2D eigenvalue weighted by Gasteiger charge is -2.22. The number of carbonyl (C=O) groups is 3. The van der Waals surface area contributed by atoms with Crippen LogP contribution in [-0.2, 0) is 15.1 Å². The number of anilines is 1. The number of urea groups is 1. The Bertz CT molecular complexity index is 1400. The van der Waals surface area contributed by atoms with Crippen LogP contribution in [-0.4, -0.2) is 29.3 Å². The molecule has 1 atom stereocenters. The third-order valence-corrected chi connectivity index (χ3v) is 6.18. The predicted octanol–water partition coefficient (Wildman–Crippen LogP) is 4.91. The molecule has 4 aromatic carbocycles. The van der Waals surface area contributed by atoms with E-state index in [-0.39, 0.29) is 6.54 Å². The Balaban J connectivity index is 1.29. The lowest BCUT2D eigenvalue weighted by Crippen LogP contribution is -2.42. The average Bonchev–Trinajstić information content (AvgIpc) is 3.08. The van der Waals surface area contributed by atoms with Crippen molar-refractivity contribution in [3.05, 3.63) is 103 Å². The summed E-state index contributed by atoms with van der Waals surface area (Å²) in [6.45, 7) is 1.30. The molecule has 6 heteroatoms. The van der Waals surface area contributed by atoms with Gasteiger partial charge in [0.15, 0.2) is 0 Å². The molecule has 0 aromatic heterocycles. The van der Waals surface area contributed by atoms with Crippen LogP contribution in [0.5, 0.6) is 0 Å². The Morgan fingerprint density at radius 2 is 1.47 bits per heavy atom. The highest BCUT2D eigenvalue weighted by Gasteiger charge is 2.49. The van der Waals surface area contributed by atoms with E-state index in [1.54, 1.807) is 19.1 Å². The molecule has 4 aromatic rings. The first-order chi connectivity index (χ1) is 16.4. The van der Waals surface area contributed by atoms with Gasteiger partial charge in [-0.1, -0.05) is 78.9 Å². The summed E-state index contributed by atoms with van der Waals surface area (Å²) in [7, 11) is 0. The van der Waals surface area contributed by atoms with Crippen molar-refractivity contribution >= 4 is 34.3 Å². The molecule has 0 unspecified atom stereocenters. The van der Waals surface area contributed by atoms with E-state index in [0.29, 0.717) is 11.3 Å². The van der Waals surface area contributed by atoms with E-state index >= 15 is 0 Å². The van der Waals surface area contributed by atoms with Crippen LogP contribution < -0.4 is 10.6 Å². The van der Waals surface area contributed by atoms with E-state index in [1.165, 1.54) is 0 Å². The third kappa shape index (κ3) is 3.90. The Morgan fingerprint density at radius 1 is 0.824 bits per heavy atom. The Labute approximate surface area is 197 Å². The maximum Gasteiger partial charge on any atom is 0.325 e. The lowest BCUT2D eigenvalue weighted by molar-refractivity contribution is -0.133. The summed E-state index contributed by atoms with van der Waals surface area (Å²) in [5, 5.41) is 7.54. The number of amides is 4. The van der Waals surface area contributed by atoms with Gasteiger partial charge < -0.3 is 10.6 Å². The molecule has 0 spiro atoms. The van der Waals surface area contributed by atoms with E-state index < -0.39 is 23.4 Å². The second-order valence-corrected chi connectivity index (χ2v) is 8.50. The van der Waals surface area contributed by atoms with Gasteiger partial charge in [-0.15, -0.1) is 0 Å². The summed E-state index contributed by atoms with van der Waals surface area (Å²) < 4.78 is 0. The molecule has 1 aliphatic heterocycles. The van der Waals surface area contributed by atoms with Gasteiger partial charge in [-0.2, -0.15) is 0 Å². The van der Waals surface area contributed by atoms with Crippen molar-refractivity contribution in [2.75, 3.05) is 11.9 Å². The van der Waals surface area contributed by atoms with Crippen LogP contribution in [0, 0.1) is 0 Å². The van der Waals surface area contributed by atoms with Crippen LogP contribution in [0.2, 0.25) is 0 Å². The molecule has 34 heavy (non-hydrogen) atoms. The van der Waals surface area contributed by atoms with Crippen LogP contribution in [0.3, 0.4) is 0 Å². The van der Waals surface area contributed by atoms with Gasteiger partial charge in [0.2, 0.25) is 5.91 Å². The van der Waals surface area contributed by atoms with E-state index in [4.69, 9.17) is 0 Å². The number of fused-ring (bicyclic) bond motifs is 1. The van der Waals surface area contributed by atoms with Gasteiger partial charge in [-0.05, 0) is 52.6 Å². The van der Waals surface area contributed by atoms with Crippen molar-refractivity contribution < 1.29 is 14.4 Å². The number of hydrogen-bond acceptors (Lipinski definition) is 3. The van der Waals surface area contributed by atoms with E-state index in [9.17, 15) is 14.4 Å². The number of nitrogens with one attached hydrogen (secondary N) is 2. The summed E-state index contributed by atoms with van der Waals surface area (Å²) in [6, 6.07) is 30.2. The van der Waals surface area contributed by atoms with Crippen molar-refractivity contribution in [1.29, 1.82) is 0 Å². The summed E-state index contributed by atoms with van der Waals surface area (Å²) in [6.07, 6.45) is 0. The number of rotatable bonds is 5. The first-order valence-corrected chi connectivity index (χ1v) is 11.0. The van der Waals surface area contributed by atoms with Gasteiger partial charge in [0, 0.05) is 5.69 Å². The van der Waals surface area contributed by atoms with Gasteiger partial charge in [-0.3, -0.25) is 14.5 Å². The van der Waals surface area contributed by atoms with Crippen molar-refractivity contribution in [1.82, 2.24) is 10.2 Å². The molecule has 0 radical (unpaired) electrons. The second-order valence-electron chi connectivity index (χ2n) is 8.50. The molecule has 1 fully saturated rings. The first kappa shape index (κ1) is 21.4. The minimum Gasteiger partial charge on any atom is -0.325 e. The largest absolute Gasteiger partial charge is 0.325 e. The minimum absolute atomic E-state index is 0.367. The second kappa shape index (κ2) is 8.48. The van der Waals surface area contributed by atoms with Gasteiger partial charge in [-0.25, -0.2) is 4.79 Å². The van der Waals surface area contributed by atoms with Crippen molar-refractivity contribution in [3.8, 4) is 11.1 Å². The zero-order valence-electron chi connectivity index (χ0n) is 18.6. The zero-order chi connectivity index (χ0) is 23.7. The van der Waals surface area contributed by atoms with Gasteiger partial charge >= 0.3 is 6.03 Å². The van der Waals surface area contributed by atoms with E-state index in [2.05, 4.69) is 10.6 Å². The van der Waals surface area contributed by atoms with Crippen LogP contribution in [0.25, 0.3) is 21.9 Å². The van der Waals surface area contributed by atoms with Gasteiger partial charge in [0.1, 0.15) is 12.1 Å². The smallest absolute Gasteiger partial charge is 0.325 e. The Hall–Kier alpha value is -4.45. The van der Waals surface area contributed by atoms with Crippen molar-refractivity contribution in [2.24, 2.45) is 0 Å². The standard InChI is InChI=1S/C28H23N3O3/c1-28(23-14-11-20-9-5-6-10-22(20)17-23)26(33)31(27(34)30-28)18-25(32)29-24-15-12-21(13-16-24)19-7-3-2-4-8-19/h2-17H,18H2,1H3,(H,29,32)(H,30,34)/t28-/m0/s1. The fourth-order valence-corrected chi connectivity index (χ4v) is 4.26. The highest BCUT2D eigenvalue weighted by molar-refractivity contribution is 6.10. The van der Waals surface area contributed by atoms with Gasteiger partial charge in [0.25, 0.3) is 5.91 Å². The van der Waals surface area contributed by atoms with Crippen molar-refractivity contribution in [2.45, 2.75) is 12.5 Å². The molecule has 1 heterocycles. The van der Waals surface area contributed by atoms with Crippen LogP contribution >= 0.6 is 0 Å². The number of carbonyl (C=O) groups excluding carboxylic acids is 3. The summed E-state index contributed by atoms with van der Waals surface area (Å²) in [5.74, 6) is -0.902. The Morgan fingerprint density at radius 3 is 2.21 bits per heavy atom. The van der Waals surface area contributed by atoms with E-state index in [1.807, 2.05) is 84.9 Å². The average molecular weight is 450 g/mol. The SMILES string of the molecule is C[C@@]1(c2ccc3ccccc3c2)NC(=O)N(CC(=O)Nc2ccc(-c3ccccc3)cc2)C1=O. The zero-order valence-corrected chi connectivity index (χ0v) is 18.6. The molecule has 168 valence electrons. The summed E-state index contributed by atoms with van der Waals surface area (Å²) in [4.78, 5) is 39.5. The maximum atomic E-state index is 13.2. The molecule has 0 aliphatic carbocycles. The fraction of sp³-hybridized carbons (Fsp3) is 0.107. The quantitative estimate of drug-likeness (QED) is 0.425. The topological polar surface area (TPSA) is 78.5 Å². The highest BCUT2D eigenvalue weighted by Crippen LogP contribution is 2.31. The maximum absolute atomic E-state index is 13.2. The normalized spacial score (nSPS) is 17.6. The molecule has 6 nitrogen and oxygen atoms in total. The first-order valence-electron chi connectivity index (χ1n) is 11.0. The molecule has 5 rings (SSSR count). The molecule has 4 amide bonds. The molecule has 0 saturated carbocycles. The predicted molar refractivity (Wildman–Crippen MR) is 132 cm³/mol. The number of hydrogen-bond donors (Lipinski definition) is 2. The van der Waals surface area contributed by atoms with Crippen LogP contribution in [0.1, 0.15) is 12.5 Å². The third-order valence-electron chi connectivity index (χ3n) is 6.18. The number of nitrogens with zero attached hydrogens (tertiary/aromatic N) is 1. The fourth-order valence-electron chi connectivity index (χ4n) is 4.26. The van der Waals surface area contributed by atoms with Crippen molar-refractivity contribution in [3.63, 3.8) is 0 Å². The molecule has 0 bridgehead atoms. The van der Waals surface area contributed by atoms with Gasteiger partial charge in [0.05, 0.1) is 0 Å². The molecule has 1 aliphatic rings. The van der Waals surface area contributed by atoms with Crippen LogP contribution in [0.4, 0.5) is 10.5 Å².